The lowest BCUT2D eigenvalue weighted by Gasteiger charge is -2.32. The molecule has 210 valence electrons. The van der Waals surface area contributed by atoms with Gasteiger partial charge in [-0.3, -0.25) is 18.4 Å². The second kappa shape index (κ2) is 10.6. The molecule has 3 aromatic rings. The predicted molar refractivity (Wildman–Crippen MR) is 135 cm³/mol. The molecule has 0 amide bonds. The molecule has 0 radical (unpaired) electrons. The minimum absolute atomic E-state index is 0.156. The van der Waals surface area contributed by atoms with E-state index in [0.717, 1.165) is 6.92 Å². The lowest BCUT2D eigenvalue weighted by Crippen LogP contribution is -2.46. The van der Waals surface area contributed by atoms with Crippen LogP contribution in [0.3, 0.4) is 0 Å². The summed E-state index contributed by atoms with van der Waals surface area (Å²) in [5.74, 6) is -1.14. The number of rotatable bonds is 7. The number of nitrogen functional groups attached to an aromatic ring is 1. The zero-order valence-electron chi connectivity index (χ0n) is 21.8. The molecule has 1 aromatic carbocycles. The number of esters is 2. The van der Waals surface area contributed by atoms with Gasteiger partial charge in [-0.25, -0.2) is 18.9 Å². The van der Waals surface area contributed by atoms with Gasteiger partial charge in [0, 0.05) is 6.92 Å². The fourth-order valence-electron chi connectivity index (χ4n) is 4.65. The minimum Gasteiger partial charge on any atom is -0.459 e. The number of carbonyl (C=O) groups is 2. The normalized spacial score (nSPS) is 27.7. The second-order valence-electron chi connectivity index (χ2n) is 9.39. The van der Waals surface area contributed by atoms with E-state index in [1.54, 1.807) is 50.2 Å². The number of phosphoric acid groups is 1. The number of benzene rings is 1. The Morgan fingerprint density at radius 2 is 2.08 bits per heavy atom. The van der Waals surface area contributed by atoms with Crippen molar-refractivity contribution in [2.45, 2.75) is 57.4 Å². The molecule has 1 unspecified atom stereocenters. The Kier molecular flexibility index (Phi) is 7.34. The van der Waals surface area contributed by atoms with Crippen LogP contribution in [0.5, 0.6) is 0 Å². The minimum atomic E-state index is -4.29. The summed E-state index contributed by atoms with van der Waals surface area (Å²) >= 11 is 0. The first-order chi connectivity index (χ1) is 19.1. The molecule has 14 nitrogen and oxygen atoms in total. The van der Waals surface area contributed by atoms with Crippen LogP contribution < -0.4 is 5.73 Å². The van der Waals surface area contributed by atoms with Crippen LogP contribution in [0.4, 0.5) is 5.82 Å². The quantitative estimate of drug-likeness (QED) is 0.322. The van der Waals surface area contributed by atoms with Crippen LogP contribution in [-0.2, 0) is 49.3 Å². The van der Waals surface area contributed by atoms with Crippen molar-refractivity contribution >= 4 is 31.1 Å². The van der Waals surface area contributed by atoms with Crippen LogP contribution in [0.15, 0.2) is 42.7 Å². The highest BCUT2D eigenvalue weighted by Gasteiger charge is 2.64. The van der Waals surface area contributed by atoms with Crippen molar-refractivity contribution in [3.05, 3.63) is 59.5 Å². The Bertz CT molecular complexity index is 1550. The summed E-state index contributed by atoms with van der Waals surface area (Å²) in [5, 5.41) is 14.5. The van der Waals surface area contributed by atoms with E-state index in [2.05, 4.69) is 16.2 Å². The lowest BCUT2D eigenvalue weighted by atomic mass is 9.92. The molecule has 5 rings (SSSR count). The number of nitrogens with two attached hydrogens (primary N) is 1. The van der Waals surface area contributed by atoms with Crippen LogP contribution in [0.1, 0.15) is 42.4 Å². The maximum Gasteiger partial charge on any atom is 0.475 e. The number of aromatic nitrogens is 3. The van der Waals surface area contributed by atoms with Gasteiger partial charge in [0.2, 0.25) is 5.60 Å². The van der Waals surface area contributed by atoms with Crippen molar-refractivity contribution in [3.63, 3.8) is 0 Å². The number of ether oxygens (including phenoxy) is 3. The highest BCUT2D eigenvalue weighted by molar-refractivity contribution is 7.48. The molecule has 5 atom stereocenters. The Labute approximate surface area is 228 Å². The summed E-state index contributed by atoms with van der Waals surface area (Å²) in [4.78, 5) is 28.6. The molecule has 2 aliphatic heterocycles. The number of nitriles is 1. The first kappa shape index (κ1) is 27.7. The van der Waals surface area contributed by atoms with Gasteiger partial charge in [-0.15, -0.1) is 0 Å². The lowest BCUT2D eigenvalue weighted by molar-refractivity contribution is -0.157. The van der Waals surface area contributed by atoms with E-state index < -0.39 is 43.7 Å². The Morgan fingerprint density at radius 1 is 1.30 bits per heavy atom. The van der Waals surface area contributed by atoms with Crippen molar-refractivity contribution < 1.29 is 41.9 Å². The summed E-state index contributed by atoms with van der Waals surface area (Å²) < 4.78 is 48.6. The number of nitrogens with zero attached hydrogens (tertiary/aromatic N) is 4. The van der Waals surface area contributed by atoms with Gasteiger partial charge in [0.25, 0.3) is 0 Å². The number of fused-ring (bicyclic) bond motifs is 2. The molecule has 40 heavy (non-hydrogen) atoms. The van der Waals surface area contributed by atoms with E-state index >= 15 is 0 Å². The number of phosphoric ester groups is 1. The zero-order chi connectivity index (χ0) is 28.7. The molecule has 2 aliphatic rings. The van der Waals surface area contributed by atoms with E-state index in [-0.39, 0.29) is 36.4 Å². The Morgan fingerprint density at radius 3 is 2.80 bits per heavy atom. The van der Waals surface area contributed by atoms with Crippen molar-refractivity contribution in [1.29, 1.82) is 5.26 Å². The topological polar surface area (TPSA) is 187 Å². The van der Waals surface area contributed by atoms with Gasteiger partial charge >= 0.3 is 19.8 Å². The predicted octanol–water partition coefficient (Wildman–Crippen LogP) is 2.67. The highest BCUT2D eigenvalue weighted by Crippen LogP contribution is 2.59. The number of anilines is 1. The fourth-order valence-corrected chi connectivity index (χ4v) is 6.02. The van der Waals surface area contributed by atoms with Crippen LogP contribution in [0, 0.1) is 11.3 Å². The van der Waals surface area contributed by atoms with E-state index in [1.807, 2.05) is 0 Å². The summed E-state index contributed by atoms with van der Waals surface area (Å²) in [6, 6.07) is 11.7. The fraction of sp³-hybridized carbons (Fsp3) is 0.400. The number of hydrogen-bond acceptors (Lipinski definition) is 13. The third-order valence-electron chi connectivity index (χ3n) is 6.33. The van der Waals surface area contributed by atoms with Crippen molar-refractivity contribution in [3.8, 4) is 6.07 Å². The van der Waals surface area contributed by atoms with Gasteiger partial charge in [0.1, 0.15) is 30.1 Å². The van der Waals surface area contributed by atoms with Gasteiger partial charge in [0.05, 0.1) is 30.6 Å². The van der Waals surface area contributed by atoms with Gasteiger partial charge in [-0.2, -0.15) is 10.4 Å². The SMILES string of the molecule is CC(=O)O[C@@H]1[C@@H]2OP(=O)(OCc3ccccc3C(=O)OC(C)C)OC[C@H]2O[C@@]1(C#N)c1ccc2c(N)ncnn12. The third kappa shape index (κ3) is 4.94. The highest BCUT2D eigenvalue weighted by atomic mass is 31.2. The standard InChI is InChI=1S/C25H26N5O9P/c1-14(2)36-24(32)17-7-5-4-6-16(17)10-34-40(33)35-11-19-21(39-40)22(37-15(3)31)25(12-26,38-19)20-9-8-18-23(27)28-13-29-30(18)20/h4-9,13-14,19,21-22H,10-11H2,1-3H3,(H2,27,28,29)/t19-,21-,22-,25+,40?/m1/s1. The molecule has 0 spiro atoms. The Hall–Kier alpha value is -3.86. The largest absolute Gasteiger partial charge is 0.475 e. The van der Waals surface area contributed by atoms with Crippen LogP contribution in [0.25, 0.3) is 5.52 Å². The Balaban J connectivity index is 1.43. The molecular formula is C25H26N5O9P. The van der Waals surface area contributed by atoms with Crippen LogP contribution >= 0.6 is 7.82 Å². The van der Waals surface area contributed by atoms with Gasteiger partial charge in [-0.05, 0) is 37.6 Å². The number of hydrogen-bond donors (Lipinski definition) is 1. The first-order valence-electron chi connectivity index (χ1n) is 12.3. The molecular weight excluding hydrogens is 545 g/mol. The second-order valence-corrected chi connectivity index (χ2v) is 11.0. The summed E-state index contributed by atoms with van der Waals surface area (Å²) in [6.45, 7) is 3.98. The van der Waals surface area contributed by atoms with Crippen molar-refractivity contribution in [2.24, 2.45) is 0 Å². The van der Waals surface area contributed by atoms with E-state index in [1.165, 1.54) is 10.8 Å². The molecule has 2 aromatic heterocycles. The molecule has 0 saturated carbocycles. The van der Waals surface area contributed by atoms with Crippen LogP contribution in [0.2, 0.25) is 0 Å². The molecule has 15 heteroatoms. The van der Waals surface area contributed by atoms with Crippen LogP contribution in [-0.4, -0.2) is 57.6 Å². The van der Waals surface area contributed by atoms with E-state index in [0.29, 0.717) is 11.1 Å². The smallest absolute Gasteiger partial charge is 0.459 e. The summed E-state index contributed by atoms with van der Waals surface area (Å²) in [6.07, 6.45) is -2.70. The third-order valence-corrected chi connectivity index (χ3v) is 7.74. The maximum atomic E-state index is 13.6. The average molecular weight is 571 g/mol. The zero-order valence-corrected chi connectivity index (χ0v) is 22.6. The maximum absolute atomic E-state index is 13.6. The van der Waals surface area contributed by atoms with Gasteiger partial charge in [0.15, 0.2) is 11.9 Å². The van der Waals surface area contributed by atoms with Gasteiger partial charge in [-0.1, -0.05) is 18.2 Å². The molecule has 2 N–H and O–H groups in total. The monoisotopic (exact) mass is 571 g/mol. The molecule has 0 bridgehead atoms. The summed E-state index contributed by atoms with van der Waals surface area (Å²) in [5.41, 5.74) is 5.22. The van der Waals surface area contributed by atoms with E-state index in [4.69, 9.17) is 33.5 Å². The molecule has 4 heterocycles. The van der Waals surface area contributed by atoms with Crippen molar-refractivity contribution in [2.75, 3.05) is 12.3 Å². The summed E-state index contributed by atoms with van der Waals surface area (Å²) in [7, 11) is -4.29. The average Bonchev–Trinajstić information content (AvgIpc) is 3.48. The molecule has 0 aliphatic carbocycles. The molecule has 2 fully saturated rings. The number of carbonyl (C=O) groups excluding carboxylic acids is 2. The first-order valence-corrected chi connectivity index (χ1v) is 13.7. The molecule has 2 saturated heterocycles. The van der Waals surface area contributed by atoms with Gasteiger partial charge < -0.3 is 19.9 Å². The van der Waals surface area contributed by atoms with Crippen molar-refractivity contribution in [1.82, 2.24) is 14.6 Å². The van der Waals surface area contributed by atoms with E-state index in [9.17, 15) is 19.4 Å².